The first-order valence-corrected chi connectivity index (χ1v) is 13.7. The van der Waals surface area contributed by atoms with Gasteiger partial charge in [0.25, 0.3) is 0 Å². The van der Waals surface area contributed by atoms with Crippen molar-refractivity contribution in [3.05, 3.63) is 84.4 Å². The van der Waals surface area contributed by atoms with E-state index in [9.17, 15) is 0 Å². The molecule has 4 rings (SSSR count). The van der Waals surface area contributed by atoms with Crippen molar-refractivity contribution in [2.45, 2.75) is 6.61 Å². The summed E-state index contributed by atoms with van der Waals surface area (Å²) in [5, 5.41) is 2.14. The zero-order valence-electron chi connectivity index (χ0n) is 17.9. The van der Waals surface area contributed by atoms with Gasteiger partial charge >= 0.3 is 17.4 Å². The quantitative estimate of drug-likeness (QED) is 0.488. The van der Waals surface area contributed by atoms with Crippen LogP contribution < -0.4 is 19.5 Å². The van der Waals surface area contributed by atoms with Crippen LogP contribution in [0.1, 0.15) is 5.56 Å². The Hall–Kier alpha value is -2.47. The van der Waals surface area contributed by atoms with Crippen LogP contribution in [0.5, 0.6) is 11.5 Å². The molecule has 0 atom stereocenters. The summed E-state index contributed by atoms with van der Waals surface area (Å²) in [5.74, 6) is 1.49. The van der Waals surface area contributed by atoms with Gasteiger partial charge in [0.2, 0.25) is 0 Å². The lowest BCUT2D eigenvalue weighted by Crippen LogP contribution is -2.66. The van der Waals surface area contributed by atoms with Crippen LogP contribution in [0.4, 0.5) is 0 Å². The molecule has 0 unspecified atom stereocenters. The van der Waals surface area contributed by atoms with Crippen molar-refractivity contribution < 1.29 is 26.9 Å². The molecule has 31 heavy (non-hydrogen) atoms. The Morgan fingerprint density at radius 1 is 0.806 bits per heavy atom. The molecule has 0 N–H and O–H groups in total. The van der Waals surface area contributed by atoms with E-state index >= 15 is 0 Å². The van der Waals surface area contributed by atoms with Gasteiger partial charge in [0.05, 0.1) is 6.61 Å². The smallest absolute Gasteiger partial charge is 0.514 e. The number of benzene rings is 3. The summed E-state index contributed by atoms with van der Waals surface area (Å²) in [6, 6.07) is 26.1. The van der Waals surface area contributed by atoms with Gasteiger partial charge in [-0.1, -0.05) is 60.7 Å². The van der Waals surface area contributed by atoms with Crippen LogP contribution in [0, 0.1) is 0 Å². The van der Waals surface area contributed by atoms with Gasteiger partial charge in [0.1, 0.15) is 11.5 Å². The molecular weight excluding hydrogens is 428 g/mol. The molecule has 162 valence electrons. The highest BCUT2D eigenvalue weighted by atomic mass is 28.4. The monoisotopic (exact) mass is 454 g/mol. The zero-order valence-corrected chi connectivity index (χ0v) is 19.9. The molecule has 1 aliphatic rings. The zero-order chi connectivity index (χ0) is 21.7. The van der Waals surface area contributed by atoms with E-state index in [1.807, 2.05) is 54.6 Å². The average Bonchev–Trinajstić information content (AvgIpc) is 2.86. The minimum atomic E-state index is -2.86. The molecular formula is C23H26O6Si2. The van der Waals surface area contributed by atoms with Crippen molar-refractivity contribution >= 4 is 27.7 Å². The molecule has 0 bridgehead atoms. The van der Waals surface area contributed by atoms with Crippen molar-refractivity contribution in [1.82, 2.24) is 0 Å². The topological polar surface area (TPSA) is 55.4 Å². The van der Waals surface area contributed by atoms with Crippen LogP contribution >= 0.6 is 0 Å². The molecule has 8 heteroatoms. The highest BCUT2D eigenvalue weighted by Crippen LogP contribution is 2.32. The summed E-state index contributed by atoms with van der Waals surface area (Å²) in [4.78, 5) is 0. The van der Waals surface area contributed by atoms with E-state index in [0.29, 0.717) is 12.4 Å². The van der Waals surface area contributed by atoms with Gasteiger partial charge in [0, 0.05) is 37.3 Å². The first-order chi connectivity index (χ1) is 15.1. The van der Waals surface area contributed by atoms with Crippen LogP contribution in [0.2, 0.25) is 0 Å². The van der Waals surface area contributed by atoms with Gasteiger partial charge in [-0.05, 0) is 18.2 Å². The third-order valence-electron chi connectivity index (χ3n) is 5.37. The first-order valence-electron chi connectivity index (χ1n) is 10.00. The highest BCUT2D eigenvalue weighted by Gasteiger charge is 2.47. The fraction of sp³-hybridized carbons (Fsp3) is 0.217. The average molecular weight is 455 g/mol. The van der Waals surface area contributed by atoms with E-state index in [1.165, 1.54) is 0 Å². The largest absolute Gasteiger partial charge is 0.539 e. The van der Waals surface area contributed by atoms with Crippen LogP contribution in [0.15, 0.2) is 78.9 Å². The SMILES string of the molecule is CO[Si](COc1ccc2c(c1)CO[Si](c1ccccc1)(c1ccccc1)O2)(OC)OC. The number of hydrogen-bond acceptors (Lipinski definition) is 6. The van der Waals surface area contributed by atoms with E-state index in [-0.39, 0.29) is 6.23 Å². The summed E-state index contributed by atoms with van der Waals surface area (Å²) in [6.45, 7) is 0.434. The van der Waals surface area contributed by atoms with Gasteiger partial charge in [0.15, 0.2) is 6.23 Å². The molecule has 0 spiro atoms. The minimum absolute atomic E-state index is 0.212. The van der Waals surface area contributed by atoms with Crippen molar-refractivity contribution in [3.63, 3.8) is 0 Å². The summed E-state index contributed by atoms with van der Waals surface area (Å²) < 4.78 is 35.4. The standard InChI is InChI=1S/C23H26O6Si2/c1-24-30(25-2,26-3)18-27-20-14-15-23-19(16-20)17-28-31(29-23,21-10-6-4-7-11-21)22-12-8-5-9-13-22/h4-16H,17-18H2,1-3H3. The minimum Gasteiger partial charge on any atom is -0.514 e. The molecule has 0 aromatic heterocycles. The molecule has 3 aromatic rings. The second-order valence-electron chi connectivity index (χ2n) is 7.09. The van der Waals surface area contributed by atoms with E-state index in [0.717, 1.165) is 21.7 Å². The summed E-state index contributed by atoms with van der Waals surface area (Å²) >= 11 is 0. The number of rotatable bonds is 8. The number of ether oxygens (including phenoxy) is 1. The van der Waals surface area contributed by atoms with Crippen LogP contribution in [0.25, 0.3) is 0 Å². The Bertz CT molecular complexity index is 948. The van der Waals surface area contributed by atoms with Crippen molar-refractivity contribution in [1.29, 1.82) is 0 Å². The maximum absolute atomic E-state index is 6.65. The second kappa shape index (κ2) is 9.35. The predicted molar refractivity (Wildman–Crippen MR) is 122 cm³/mol. The number of fused-ring (bicyclic) bond motifs is 1. The van der Waals surface area contributed by atoms with E-state index in [4.69, 9.17) is 26.9 Å². The van der Waals surface area contributed by atoms with Crippen LogP contribution in [-0.2, 0) is 24.3 Å². The highest BCUT2D eigenvalue weighted by molar-refractivity contribution is 6.93. The maximum atomic E-state index is 6.65. The molecule has 0 aliphatic carbocycles. The Labute approximate surface area is 184 Å². The van der Waals surface area contributed by atoms with Crippen LogP contribution in [-0.4, -0.2) is 44.9 Å². The lowest BCUT2D eigenvalue weighted by molar-refractivity contribution is 0.100. The molecule has 1 heterocycles. The van der Waals surface area contributed by atoms with Gasteiger partial charge in [-0.2, -0.15) is 0 Å². The third-order valence-corrected chi connectivity index (χ3v) is 11.0. The van der Waals surface area contributed by atoms with E-state index < -0.39 is 17.4 Å². The van der Waals surface area contributed by atoms with Gasteiger partial charge < -0.3 is 26.9 Å². The molecule has 0 saturated carbocycles. The fourth-order valence-electron chi connectivity index (χ4n) is 3.59. The molecule has 1 aliphatic heterocycles. The lowest BCUT2D eigenvalue weighted by Gasteiger charge is -2.36. The predicted octanol–water partition coefficient (Wildman–Crippen LogP) is 2.65. The summed E-state index contributed by atoms with van der Waals surface area (Å²) in [7, 11) is -0.996. The molecule has 0 saturated heterocycles. The lowest BCUT2D eigenvalue weighted by atomic mass is 10.2. The molecule has 6 nitrogen and oxygen atoms in total. The number of hydrogen-bond donors (Lipinski definition) is 0. The second-order valence-corrected chi connectivity index (χ2v) is 12.9. The Morgan fingerprint density at radius 3 is 1.94 bits per heavy atom. The molecule has 3 aromatic carbocycles. The molecule has 0 radical (unpaired) electrons. The van der Waals surface area contributed by atoms with Crippen molar-refractivity contribution in [2.75, 3.05) is 27.6 Å². The third kappa shape index (κ3) is 4.31. The Balaban J connectivity index is 1.62. The van der Waals surface area contributed by atoms with E-state index in [2.05, 4.69) is 24.3 Å². The summed E-state index contributed by atoms with van der Waals surface area (Å²) in [5.41, 5.74) is 0.937. The van der Waals surface area contributed by atoms with Gasteiger partial charge in [-0.15, -0.1) is 0 Å². The van der Waals surface area contributed by atoms with Gasteiger partial charge in [-0.25, -0.2) is 0 Å². The Kier molecular flexibility index (Phi) is 6.56. The normalized spacial score (nSPS) is 15.1. The molecule has 0 amide bonds. The van der Waals surface area contributed by atoms with E-state index in [1.54, 1.807) is 21.3 Å². The Morgan fingerprint density at radius 2 is 1.39 bits per heavy atom. The first kappa shape index (κ1) is 21.8. The maximum Gasteiger partial charge on any atom is 0.539 e. The molecule has 0 fully saturated rings. The van der Waals surface area contributed by atoms with Crippen LogP contribution in [0.3, 0.4) is 0 Å². The van der Waals surface area contributed by atoms with Gasteiger partial charge in [-0.3, -0.25) is 0 Å². The van der Waals surface area contributed by atoms with Crippen molar-refractivity contribution in [2.24, 2.45) is 0 Å². The van der Waals surface area contributed by atoms with Crippen molar-refractivity contribution in [3.8, 4) is 11.5 Å². The fourth-order valence-corrected chi connectivity index (χ4v) is 7.87. The summed E-state index contributed by atoms with van der Waals surface area (Å²) in [6.07, 6.45) is 0.212.